The Balaban J connectivity index is 1.34. The molecule has 3 heterocycles. The van der Waals surface area contributed by atoms with E-state index >= 15 is 0 Å². The SMILES string of the molecule is Cc1c2cnn(-c3ccccc3)c(=O)c2c(C)n1CC(=O)N1CCN(C2CCCCC2)CC1. The monoisotopic (exact) mass is 447 g/mol. The average Bonchev–Trinajstić information content (AvgIpc) is 3.10. The van der Waals surface area contributed by atoms with Gasteiger partial charge in [0.2, 0.25) is 5.91 Å². The predicted molar refractivity (Wildman–Crippen MR) is 130 cm³/mol. The maximum atomic E-state index is 13.3. The Morgan fingerprint density at radius 1 is 0.970 bits per heavy atom. The first kappa shape index (κ1) is 21.9. The molecule has 7 nitrogen and oxygen atoms in total. The summed E-state index contributed by atoms with van der Waals surface area (Å²) in [5.41, 5.74) is 2.34. The molecule has 1 aliphatic carbocycles. The number of para-hydroxylation sites is 1. The molecule has 0 spiro atoms. The van der Waals surface area contributed by atoms with E-state index in [1.54, 1.807) is 6.20 Å². The molecule has 1 saturated heterocycles. The first-order valence-electron chi connectivity index (χ1n) is 12.2. The topological polar surface area (TPSA) is 63.4 Å². The Morgan fingerprint density at radius 3 is 2.36 bits per heavy atom. The second-order valence-electron chi connectivity index (χ2n) is 9.45. The summed E-state index contributed by atoms with van der Waals surface area (Å²) in [6.45, 7) is 7.67. The molecular weight excluding hydrogens is 414 g/mol. The molecule has 0 bridgehead atoms. The molecule has 1 saturated carbocycles. The second kappa shape index (κ2) is 9.14. The number of nitrogens with zero attached hydrogens (tertiary/aromatic N) is 5. The lowest BCUT2D eigenvalue weighted by Crippen LogP contribution is -2.52. The molecule has 1 aromatic carbocycles. The van der Waals surface area contributed by atoms with E-state index in [9.17, 15) is 9.59 Å². The second-order valence-corrected chi connectivity index (χ2v) is 9.45. The average molecular weight is 448 g/mol. The highest BCUT2D eigenvalue weighted by Gasteiger charge is 2.28. The zero-order chi connectivity index (χ0) is 22.9. The van der Waals surface area contributed by atoms with Crippen molar-refractivity contribution in [2.75, 3.05) is 26.2 Å². The van der Waals surface area contributed by atoms with Gasteiger partial charge in [0.15, 0.2) is 0 Å². The lowest BCUT2D eigenvalue weighted by molar-refractivity contribution is -0.134. The van der Waals surface area contributed by atoms with Gasteiger partial charge in [-0.1, -0.05) is 37.5 Å². The van der Waals surface area contributed by atoms with E-state index < -0.39 is 0 Å². The number of piperazine rings is 1. The summed E-state index contributed by atoms with van der Waals surface area (Å²) in [7, 11) is 0. The van der Waals surface area contributed by atoms with Crippen LogP contribution in [0.25, 0.3) is 16.5 Å². The van der Waals surface area contributed by atoms with Crippen molar-refractivity contribution >= 4 is 16.7 Å². The van der Waals surface area contributed by atoms with Crippen LogP contribution >= 0.6 is 0 Å². The van der Waals surface area contributed by atoms with Crippen molar-refractivity contribution in [3.8, 4) is 5.69 Å². The lowest BCUT2D eigenvalue weighted by Gasteiger charge is -2.40. The molecule has 0 atom stereocenters. The Labute approximate surface area is 194 Å². The minimum absolute atomic E-state index is 0.126. The van der Waals surface area contributed by atoms with Crippen molar-refractivity contribution in [3.05, 3.63) is 58.3 Å². The van der Waals surface area contributed by atoms with Crippen LogP contribution in [0.3, 0.4) is 0 Å². The van der Waals surface area contributed by atoms with Crippen LogP contribution in [0.4, 0.5) is 0 Å². The first-order chi connectivity index (χ1) is 16.0. The van der Waals surface area contributed by atoms with Crippen LogP contribution in [0.15, 0.2) is 41.3 Å². The molecule has 33 heavy (non-hydrogen) atoms. The number of aryl methyl sites for hydroxylation is 2. The highest BCUT2D eigenvalue weighted by molar-refractivity contribution is 5.88. The van der Waals surface area contributed by atoms with E-state index in [0.717, 1.165) is 48.6 Å². The number of carbonyl (C=O) groups excluding carboxylic acids is 1. The molecule has 0 radical (unpaired) electrons. The van der Waals surface area contributed by atoms with Crippen LogP contribution in [-0.2, 0) is 11.3 Å². The van der Waals surface area contributed by atoms with Gasteiger partial charge in [-0.05, 0) is 38.8 Å². The molecule has 1 amide bonds. The van der Waals surface area contributed by atoms with Crippen LogP contribution in [-0.4, -0.2) is 62.3 Å². The van der Waals surface area contributed by atoms with Crippen LogP contribution in [0.5, 0.6) is 0 Å². The Morgan fingerprint density at radius 2 is 1.67 bits per heavy atom. The summed E-state index contributed by atoms with van der Waals surface area (Å²) in [5.74, 6) is 0.126. The van der Waals surface area contributed by atoms with Crippen LogP contribution in [0.1, 0.15) is 43.5 Å². The van der Waals surface area contributed by atoms with Gasteiger partial charge < -0.3 is 9.47 Å². The number of hydrogen-bond donors (Lipinski definition) is 0. The van der Waals surface area contributed by atoms with Crippen molar-refractivity contribution in [1.82, 2.24) is 24.1 Å². The Hall–Kier alpha value is -2.93. The van der Waals surface area contributed by atoms with Crippen molar-refractivity contribution in [2.24, 2.45) is 0 Å². The first-order valence-corrected chi connectivity index (χ1v) is 12.2. The zero-order valence-corrected chi connectivity index (χ0v) is 19.7. The van der Waals surface area contributed by atoms with Gasteiger partial charge in [0.1, 0.15) is 6.54 Å². The van der Waals surface area contributed by atoms with Gasteiger partial charge in [0.05, 0.1) is 17.3 Å². The lowest BCUT2D eigenvalue weighted by atomic mass is 9.94. The van der Waals surface area contributed by atoms with E-state index in [2.05, 4.69) is 10.00 Å². The van der Waals surface area contributed by atoms with Crippen molar-refractivity contribution in [3.63, 3.8) is 0 Å². The van der Waals surface area contributed by atoms with E-state index in [1.165, 1.54) is 36.8 Å². The predicted octanol–water partition coefficient (Wildman–Crippen LogP) is 3.28. The largest absolute Gasteiger partial charge is 0.339 e. The summed E-state index contributed by atoms with van der Waals surface area (Å²) in [4.78, 5) is 31.0. The summed E-state index contributed by atoms with van der Waals surface area (Å²) < 4.78 is 3.42. The molecule has 2 aromatic heterocycles. The summed E-state index contributed by atoms with van der Waals surface area (Å²) >= 11 is 0. The molecule has 3 aromatic rings. The van der Waals surface area contributed by atoms with Crippen LogP contribution in [0.2, 0.25) is 0 Å². The maximum absolute atomic E-state index is 13.3. The molecular formula is C26H33N5O2. The number of hydrogen-bond acceptors (Lipinski definition) is 4. The third kappa shape index (κ3) is 4.10. The molecule has 0 unspecified atom stereocenters. The maximum Gasteiger partial charge on any atom is 0.281 e. The van der Waals surface area contributed by atoms with Gasteiger partial charge in [0, 0.05) is 49.0 Å². The van der Waals surface area contributed by atoms with E-state index in [4.69, 9.17) is 0 Å². The van der Waals surface area contributed by atoms with Crippen LogP contribution < -0.4 is 5.56 Å². The number of amides is 1. The van der Waals surface area contributed by atoms with Gasteiger partial charge >= 0.3 is 0 Å². The third-order valence-electron chi connectivity index (χ3n) is 7.59. The minimum atomic E-state index is -0.147. The third-order valence-corrected chi connectivity index (χ3v) is 7.59. The molecule has 2 fully saturated rings. The molecule has 2 aliphatic rings. The summed E-state index contributed by atoms with van der Waals surface area (Å²) in [6, 6.07) is 10.1. The normalized spacial score (nSPS) is 18.2. The van der Waals surface area contributed by atoms with Gasteiger partial charge in [-0.3, -0.25) is 14.5 Å². The van der Waals surface area contributed by atoms with Gasteiger partial charge in [-0.15, -0.1) is 0 Å². The van der Waals surface area contributed by atoms with Gasteiger partial charge in [-0.2, -0.15) is 9.78 Å². The molecule has 7 heteroatoms. The number of aromatic nitrogens is 3. The number of rotatable bonds is 4. The quantitative estimate of drug-likeness (QED) is 0.616. The van der Waals surface area contributed by atoms with E-state index in [1.807, 2.05) is 53.6 Å². The number of fused-ring (bicyclic) bond motifs is 1. The fraction of sp³-hybridized carbons (Fsp3) is 0.500. The highest BCUT2D eigenvalue weighted by atomic mass is 16.2. The summed E-state index contributed by atoms with van der Waals surface area (Å²) in [5, 5.41) is 5.86. The fourth-order valence-corrected chi connectivity index (χ4v) is 5.62. The standard InChI is InChI=1S/C26H33N5O2/c1-19-23-17-27-31(22-11-7-4-8-12-22)26(33)25(23)20(2)30(19)18-24(32)29-15-13-28(14-16-29)21-9-5-3-6-10-21/h4,7-8,11-12,17,21H,3,5-6,9-10,13-16,18H2,1-2H3. The summed E-state index contributed by atoms with van der Waals surface area (Å²) in [6.07, 6.45) is 8.39. The van der Waals surface area contributed by atoms with E-state index in [-0.39, 0.29) is 18.0 Å². The van der Waals surface area contributed by atoms with Crippen molar-refractivity contribution in [1.29, 1.82) is 0 Å². The fourth-order valence-electron chi connectivity index (χ4n) is 5.62. The molecule has 1 aliphatic heterocycles. The van der Waals surface area contributed by atoms with Crippen LogP contribution in [0, 0.1) is 13.8 Å². The molecule has 0 N–H and O–H groups in total. The van der Waals surface area contributed by atoms with Crippen molar-refractivity contribution < 1.29 is 4.79 Å². The highest BCUT2D eigenvalue weighted by Crippen LogP contribution is 2.25. The molecule has 174 valence electrons. The van der Waals surface area contributed by atoms with Crippen molar-refractivity contribution in [2.45, 2.75) is 58.5 Å². The Kier molecular flexibility index (Phi) is 6.06. The molecule has 5 rings (SSSR count). The van der Waals surface area contributed by atoms with Gasteiger partial charge in [-0.25, -0.2) is 0 Å². The number of benzene rings is 1. The van der Waals surface area contributed by atoms with E-state index in [0.29, 0.717) is 11.4 Å². The smallest absolute Gasteiger partial charge is 0.281 e. The minimum Gasteiger partial charge on any atom is -0.339 e. The Bertz CT molecular complexity index is 1200. The number of carbonyl (C=O) groups is 1. The zero-order valence-electron chi connectivity index (χ0n) is 19.7. The van der Waals surface area contributed by atoms with Gasteiger partial charge in [0.25, 0.3) is 5.56 Å².